The number of carbonyl (C=O) groups excluding carboxylic acids is 1. The van der Waals surface area contributed by atoms with Crippen LogP contribution in [0.5, 0.6) is 0 Å². The Balaban J connectivity index is 1.94. The van der Waals surface area contributed by atoms with Gasteiger partial charge in [0.25, 0.3) is 0 Å². The Morgan fingerprint density at radius 3 is 2.13 bits per heavy atom. The van der Waals surface area contributed by atoms with Crippen LogP contribution in [0.3, 0.4) is 0 Å². The minimum Gasteiger partial charge on any atom is -0.326 e. The predicted octanol–water partition coefficient (Wildman–Crippen LogP) is 5.28. The van der Waals surface area contributed by atoms with E-state index >= 15 is 0 Å². The maximum Gasteiger partial charge on any atom is 0.228 e. The van der Waals surface area contributed by atoms with Crippen molar-refractivity contribution in [3.05, 3.63) is 59.7 Å². The molecule has 1 N–H and O–H groups in total. The summed E-state index contributed by atoms with van der Waals surface area (Å²) >= 11 is 1.81. The second kappa shape index (κ2) is 7.69. The van der Waals surface area contributed by atoms with Crippen molar-refractivity contribution < 1.29 is 4.79 Å². The van der Waals surface area contributed by atoms with Crippen molar-refractivity contribution >= 4 is 23.4 Å². The van der Waals surface area contributed by atoms with Crippen LogP contribution in [0.25, 0.3) is 0 Å². The van der Waals surface area contributed by atoms with Gasteiger partial charge in [-0.15, -0.1) is 11.8 Å². The van der Waals surface area contributed by atoms with E-state index in [4.69, 9.17) is 0 Å². The van der Waals surface area contributed by atoms with Crippen LogP contribution in [0.2, 0.25) is 0 Å². The highest BCUT2D eigenvalue weighted by Crippen LogP contribution is 2.23. The molecule has 0 aliphatic rings. The fraction of sp³-hybridized carbons (Fsp3) is 0.350. The molecule has 0 fully saturated rings. The Labute approximate surface area is 143 Å². The van der Waals surface area contributed by atoms with E-state index in [2.05, 4.69) is 57.3 Å². The number of rotatable bonds is 5. The Morgan fingerprint density at radius 2 is 1.61 bits per heavy atom. The third kappa shape index (κ3) is 5.43. The lowest BCUT2D eigenvalue weighted by atomic mass is 9.87. The highest BCUT2D eigenvalue weighted by atomic mass is 32.2. The summed E-state index contributed by atoms with van der Waals surface area (Å²) in [7, 11) is 0. The molecule has 2 aromatic rings. The number of hydrogen-bond acceptors (Lipinski definition) is 2. The molecule has 2 aromatic carbocycles. The van der Waals surface area contributed by atoms with Crippen LogP contribution in [0.15, 0.2) is 53.4 Å². The SMILES string of the molecule is CCSc1ccc(CC(=O)Nc2ccc(C(C)(C)C)cc2)cc1. The summed E-state index contributed by atoms with van der Waals surface area (Å²) in [5, 5.41) is 2.96. The van der Waals surface area contributed by atoms with E-state index in [-0.39, 0.29) is 11.3 Å². The van der Waals surface area contributed by atoms with Crippen molar-refractivity contribution in [2.75, 3.05) is 11.1 Å². The van der Waals surface area contributed by atoms with Gasteiger partial charge in [0.05, 0.1) is 6.42 Å². The van der Waals surface area contributed by atoms with Crippen molar-refractivity contribution in [1.82, 2.24) is 0 Å². The number of anilines is 1. The zero-order chi connectivity index (χ0) is 16.9. The Morgan fingerprint density at radius 1 is 1.00 bits per heavy atom. The maximum atomic E-state index is 12.2. The summed E-state index contributed by atoms with van der Waals surface area (Å²) in [4.78, 5) is 13.4. The fourth-order valence-electron chi connectivity index (χ4n) is 2.31. The molecule has 3 heteroatoms. The number of benzene rings is 2. The van der Waals surface area contributed by atoms with E-state index in [9.17, 15) is 4.79 Å². The van der Waals surface area contributed by atoms with Gasteiger partial charge in [-0.3, -0.25) is 4.79 Å². The lowest BCUT2D eigenvalue weighted by Gasteiger charge is -2.19. The van der Waals surface area contributed by atoms with Gasteiger partial charge in [-0.05, 0) is 46.6 Å². The van der Waals surface area contributed by atoms with E-state index < -0.39 is 0 Å². The Kier molecular flexibility index (Phi) is 5.89. The van der Waals surface area contributed by atoms with E-state index in [1.54, 1.807) is 0 Å². The van der Waals surface area contributed by atoms with Gasteiger partial charge < -0.3 is 5.32 Å². The zero-order valence-electron chi connectivity index (χ0n) is 14.3. The van der Waals surface area contributed by atoms with Crippen LogP contribution in [0.1, 0.15) is 38.8 Å². The second-order valence-corrected chi connectivity index (χ2v) is 7.97. The van der Waals surface area contributed by atoms with Gasteiger partial charge in [0.2, 0.25) is 5.91 Å². The van der Waals surface area contributed by atoms with E-state index in [1.807, 2.05) is 36.0 Å². The van der Waals surface area contributed by atoms with Gasteiger partial charge in [0.1, 0.15) is 0 Å². The molecule has 23 heavy (non-hydrogen) atoms. The van der Waals surface area contributed by atoms with Gasteiger partial charge in [-0.1, -0.05) is 52.0 Å². The smallest absolute Gasteiger partial charge is 0.228 e. The number of carbonyl (C=O) groups is 1. The molecule has 0 radical (unpaired) electrons. The Bertz CT molecular complexity index is 639. The molecule has 2 rings (SSSR count). The molecular formula is C20H25NOS. The van der Waals surface area contributed by atoms with Crippen LogP contribution in [0, 0.1) is 0 Å². The van der Waals surface area contributed by atoms with Crippen LogP contribution >= 0.6 is 11.8 Å². The van der Waals surface area contributed by atoms with Crippen LogP contribution in [-0.2, 0) is 16.6 Å². The average molecular weight is 327 g/mol. The fourth-order valence-corrected chi connectivity index (χ4v) is 2.98. The van der Waals surface area contributed by atoms with Crippen molar-refractivity contribution in [2.45, 2.75) is 44.4 Å². The normalized spacial score (nSPS) is 11.3. The molecule has 0 unspecified atom stereocenters. The number of thioether (sulfide) groups is 1. The first-order valence-corrected chi connectivity index (χ1v) is 8.99. The zero-order valence-corrected chi connectivity index (χ0v) is 15.2. The molecule has 122 valence electrons. The van der Waals surface area contributed by atoms with Gasteiger partial charge in [0.15, 0.2) is 0 Å². The maximum absolute atomic E-state index is 12.2. The number of hydrogen-bond donors (Lipinski definition) is 1. The monoisotopic (exact) mass is 327 g/mol. The van der Waals surface area contributed by atoms with Crippen LogP contribution in [-0.4, -0.2) is 11.7 Å². The minimum atomic E-state index is 0.0180. The minimum absolute atomic E-state index is 0.0180. The summed E-state index contributed by atoms with van der Waals surface area (Å²) in [6.45, 7) is 8.68. The number of nitrogens with one attached hydrogen (secondary N) is 1. The van der Waals surface area contributed by atoms with E-state index in [0.717, 1.165) is 17.0 Å². The first-order valence-electron chi connectivity index (χ1n) is 8.00. The predicted molar refractivity (Wildman–Crippen MR) is 100 cm³/mol. The highest BCUT2D eigenvalue weighted by Gasteiger charge is 2.13. The second-order valence-electron chi connectivity index (χ2n) is 6.63. The molecule has 1 amide bonds. The quantitative estimate of drug-likeness (QED) is 0.757. The molecule has 0 saturated heterocycles. The van der Waals surface area contributed by atoms with Crippen molar-refractivity contribution in [2.24, 2.45) is 0 Å². The summed E-state index contributed by atoms with van der Waals surface area (Å²) in [5.41, 5.74) is 3.27. The largest absolute Gasteiger partial charge is 0.326 e. The molecule has 0 spiro atoms. The molecule has 0 bridgehead atoms. The van der Waals surface area contributed by atoms with E-state index in [0.29, 0.717) is 6.42 Å². The van der Waals surface area contributed by atoms with Crippen LogP contribution in [0.4, 0.5) is 5.69 Å². The third-order valence-electron chi connectivity index (χ3n) is 3.63. The molecule has 0 aromatic heterocycles. The van der Waals surface area contributed by atoms with Gasteiger partial charge in [0, 0.05) is 10.6 Å². The first kappa shape index (κ1) is 17.6. The van der Waals surface area contributed by atoms with Crippen molar-refractivity contribution in [3.8, 4) is 0 Å². The van der Waals surface area contributed by atoms with Gasteiger partial charge >= 0.3 is 0 Å². The average Bonchev–Trinajstić information content (AvgIpc) is 2.49. The molecule has 0 aliphatic carbocycles. The molecule has 2 nitrogen and oxygen atoms in total. The topological polar surface area (TPSA) is 29.1 Å². The Hall–Kier alpha value is -1.74. The van der Waals surface area contributed by atoms with Crippen molar-refractivity contribution in [1.29, 1.82) is 0 Å². The van der Waals surface area contributed by atoms with Gasteiger partial charge in [-0.2, -0.15) is 0 Å². The lowest BCUT2D eigenvalue weighted by Crippen LogP contribution is -2.15. The molecule has 0 heterocycles. The molecule has 0 saturated carbocycles. The summed E-state index contributed by atoms with van der Waals surface area (Å²) in [5.74, 6) is 1.08. The number of amides is 1. The van der Waals surface area contributed by atoms with Gasteiger partial charge in [-0.25, -0.2) is 0 Å². The summed E-state index contributed by atoms with van der Waals surface area (Å²) in [6.07, 6.45) is 0.401. The third-order valence-corrected chi connectivity index (χ3v) is 4.53. The van der Waals surface area contributed by atoms with Crippen LogP contribution < -0.4 is 5.32 Å². The lowest BCUT2D eigenvalue weighted by molar-refractivity contribution is -0.115. The summed E-state index contributed by atoms with van der Waals surface area (Å²) in [6, 6.07) is 16.3. The highest BCUT2D eigenvalue weighted by molar-refractivity contribution is 7.99. The molecule has 0 atom stereocenters. The molecular weight excluding hydrogens is 302 g/mol. The van der Waals surface area contributed by atoms with Crippen molar-refractivity contribution in [3.63, 3.8) is 0 Å². The molecule has 0 aliphatic heterocycles. The first-order chi connectivity index (χ1) is 10.9. The summed E-state index contributed by atoms with van der Waals surface area (Å²) < 4.78 is 0. The standard InChI is InChI=1S/C20H25NOS/c1-5-23-18-12-6-15(7-13-18)14-19(22)21-17-10-8-16(9-11-17)20(2,3)4/h6-13H,5,14H2,1-4H3,(H,21,22). The van der Waals surface area contributed by atoms with E-state index in [1.165, 1.54) is 10.5 Å².